The average Bonchev–Trinajstić information content (AvgIpc) is 2.48. The molecular formula is C16H10F3NO. The van der Waals surface area contributed by atoms with Gasteiger partial charge < -0.3 is 0 Å². The molecule has 0 saturated carbocycles. The molecule has 106 valence electrons. The fraction of sp³-hybridized carbons (Fsp3) is 0.0625. The monoisotopic (exact) mass is 289 g/mol. The van der Waals surface area contributed by atoms with Crippen molar-refractivity contribution < 1.29 is 18.0 Å². The molecule has 5 heteroatoms. The number of para-hydroxylation sites is 1. The standard InChI is InChI=1S/C16H10F3NO/c17-16(18,19)15(21)20(14-9-5-2-6-10-14)12-11-13-7-3-1-4-8-13/h1-10H. The number of hydrogen-bond acceptors (Lipinski definition) is 1. The third kappa shape index (κ3) is 3.86. The predicted molar refractivity (Wildman–Crippen MR) is 73.3 cm³/mol. The molecule has 2 aromatic carbocycles. The molecule has 21 heavy (non-hydrogen) atoms. The van der Waals surface area contributed by atoms with E-state index in [-0.39, 0.29) is 5.69 Å². The summed E-state index contributed by atoms with van der Waals surface area (Å²) in [6, 6.07) is 18.3. The minimum absolute atomic E-state index is 0.0725. The average molecular weight is 289 g/mol. The van der Waals surface area contributed by atoms with Gasteiger partial charge in [-0.2, -0.15) is 13.2 Å². The highest BCUT2D eigenvalue weighted by Gasteiger charge is 2.43. The smallest absolute Gasteiger partial charge is 0.263 e. The van der Waals surface area contributed by atoms with Gasteiger partial charge in [0.2, 0.25) is 0 Å². The Morgan fingerprint density at radius 3 is 1.95 bits per heavy atom. The molecular weight excluding hydrogens is 279 g/mol. The van der Waals surface area contributed by atoms with Gasteiger partial charge in [-0.1, -0.05) is 36.4 Å². The molecule has 2 aromatic rings. The Bertz CT molecular complexity index is 669. The lowest BCUT2D eigenvalue weighted by atomic mass is 10.2. The van der Waals surface area contributed by atoms with Gasteiger partial charge in [0.15, 0.2) is 0 Å². The first kappa shape index (κ1) is 14.7. The van der Waals surface area contributed by atoms with Crippen molar-refractivity contribution in [1.29, 1.82) is 0 Å². The Morgan fingerprint density at radius 1 is 0.905 bits per heavy atom. The van der Waals surface area contributed by atoms with Crippen LogP contribution in [0.3, 0.4) is 0 Å². The summed E-state index contributed by atoms with van der Waals surface area (Å²) in [6.07, 6.45) is -4.98. The fourth-order valence-electron chi connectivity index (χ4n) is 1.58. The number of amides is 1. The van der Waals surface area contributed by atoms with E-state index in [4.69, 9.17) is 0 Å². The van der Waals surface area contributed by atoms with Crippen LogP contribution in [0.1, 0.15) is 5.56 Å². The molecule has 1 amide bonds. The lowest BCUT2D eigenvalue weighted by Crippen LogP contribution is -2.38. The van der Waals surface area contributed by atoms with Gasteiger partial charge in [-0.25, -0.2) is 4.90 Å². The molecule has 2 rings (SSSR count). The zero-order valence-electron chi connectivity index (χ0n) is 10.8. The highest BCUT2D eigenvalue weighted by molar-refractivity contribution is 6.00. The summed E-state index contributed by atoms with van der Waals surface area (Å²) in [5.74, 6) is 0.535. The minimum Gasteiger partial charge on any atom is -0.263 e. The molecule has 0 spiro atoms. The quantitative estimate of drug-likeness (QED) is 0.580. The first-order valence-electron chi connectivity index (χ1n) is 6.01. The van der Waals surface area contributed by atoms with Crippen LogP contribution in [0, 0.1) is 12.0 Å². The fourth-order valence-corrected chi connectivity index (χ4v) is 1.58. The van der Waals surface area contributed by atoms with Crippen molar-refractivity contribution in [3.63, 3.8) is 0 Å². The van der Waals surface area contributed by atoms with E-state index < -0.39 is 12.1 Å². The van der Waals surface area contributed by atoms with Crippen molar-refractivity contribution in [3.05, 3.63) is 66.2 Å². The Labute approximate surface area is 119 Å². The van der Waals surface area contributed by atoms with E-state index in [1.807, 2.05) is 0 Å². The van der Waals surface area contributed by atoms with Crippen LogP contribution in [0.2, 0.25) is 0 Å². The van der Waals surface area contributed by atoms with Gasteiger partial charge in [0, 0.05) is 11.6 Å². The minimum atomic E-state index is -4.98. The molecule has 0 aliphatic carbocycles. The summed E-state index contributed by atoms with van der Waals surface area (Å²) in [7, 11) is 0. The van der Waals surface area contributed by atoms with Crippen LogP contribution in [-0.4, -0.2) is 12.1 Å². The van der Waals surface area contributed by atoms with Gasteiger partial charge in [0.25, 0.3) is 0 Å². The van der Waals surface area contributed by atoms with Crippen LogP contribution in [-0.2, 0) is 4.79 Å². The Hall–Kier alpha value is -2.74. The maximum atomic E-state index is 12.7. The number of halogens is 3. The highest BCUT2D eigenvalue weighted by atomic mass is 19.4. The molecule has 0 heterocycles. The van der Waals surface area contributed by atoms with E-state index in [9.17, 15) is 18.0 Å². The van der Waals surface area contributed by atoms with Crippen molar-refractivity contribution in [2.75, 3.05) is 4.90 Å². The van der Waals surface area contributed by atoms with E-state index in [1.54, 1.807) is 36.4 Å². The van der Waals surface area contributed by atoms with Gasteiger partial charge in [-0.3, -0.25) is 4.79 Å². The number of carbonyl (C=O) groups is 1. The van der Waals surface area contributed by atoms with Crippen LogP contribution in [0.4, 0.5) is 18.9 Å². The van der Waals surface area contributed by atoms with E-state index in [2.05, 4.69) is 12.0 Å². The summed E-state index contributed by atoms with van der Waals surface area (Å²) in [6.45, 7) is 0. The predicted octanol–water partition coefficient (Wildman–Crippen LogP) is 3.59. The number of alkyl halides is 3. The van der Waals surface area contributed by atoms with Crippen molar-refractivity contribution >= 4 is 11.6 Å². The zero-order chi connectivity index (χ0) is 15.3. The number of rotatable bonds is 1. The second-order valence-electron chi connectivity index (χ2n) is 4.08. The largest absolute Gasteiger partial charge is 0.472 e. The van der Waals surface area contributed by atoms with Crippen LogP contribution in [0.25, 0.3) is 0 Å². The third-order valence-electron chi connectivity index (χ3n) is 2.55. The number of anilines is 1. The molecule has 0 atom stereocenters. The number of benzene rings is 2. The highest BCUT2D eigenvalue weighted by Crippen LogP contribution is 2.22. The third-order valence-corrected chi connectivity index (χ3v) is 2.55. The summed E-state index contributed by atoms with van der Waals surface area (Å²) >= 11 is 0. The first-order valence-corrected chi connectivity index (χ1v) is 6.01. The number of hydrogen-bond donors (Lipinski definition) is 0. The maximum absolute atomic E-state index is 12.7. The Kier molecular flexibility index (Phi) is 4.29. The Morgan fingerprint density at radius 2 is 1.43 bits per heavy atom. The van der Waals surface area contributed by atoms with E-state index in [0.717, 1.165) is 0 Å². The van der Waals surface area contributed by atoms with E-state index >= 15 is 0 Å². The molecule has 0 radical (unpaired) electrons. The topological polar surface area (TPSA) is 20.3 Å². The summed E-state index contributed by atoms with van der Waals surface area (Å²) < 4.78 is 38.0. The molecule has 0 aliphatic heterocycles. The lowest BCUT2D eigenvalue weighted by molar-refractivity contribution is -0.169. The molecule has 0 bridgehead atoms. The SMILES string of the molecule is O=C(N(C#Cc1ccccc1)c1ccccc1)C(F)(F)F. The summed E-state index contributed by atoms with van der Waals surface area (Å²) in [4.78, 5) is 11.9. The van der Waals surface area contributed by atoms with E-state index in [0.29, 0.717) is 10.5 Å². The second-order valence-corrected chi connectivity index (χ2v) is 4.08. The van der Waals surface area contributed by atoms with Gasteiger partial charge in [0.05, 0.1) is 5.69 Å². The van der Waals surface area contributed by atoms with Crippen LogP contribution >= 0.6 is 0 Å². The van der Waals surface area contributed by atoms with Crippen molar-refractivity contribution in [2.24, 2.45) is 0 Å². The molecule has 0 unspecified atom stereocenters. The molecule has 0 saturated heterocycles. The molecule has 0 fully saturated rings. The van der Waals surface area contributed by atoms with Gasteiger partial charge in [-0.15, -0.1) is 0 Å². The molecule has 2 nitrogen and oxygen atoms in total. The Balaban J connectivity index is 2.39. The number of nitrogens with zero attached hydrogens (tertiary/aromatic N) is 1. The van der Waals surface area contributed by atoms with Gasteiger partial charge in [0.1, 0.15) is 0 Å². The van der Waals surface area contributed by atoms with Crippen LogP contribution in [0.15, 0.2) is 60.7 Å². The van der Waals surface area contributed by atoms with Crippen molar-refractivity contribution in [2.45, 2.75) is 6.18 Å². The molecule has 0 aliphatic rings. The summed E-state index contributed by atoms with van der Waals surface area (Å²) in [5, 5.41) is 0. The first-order chi connectivity index (χ1) is 9.98. The molecule has 0 aromatic heterocycles. The van der Waals surface area contributed by atoms with Gasteiger partial charge >= 0.3 is 12.1 Å². The second kappa shape index (κ2) is 6.14. The molecule has 0 N–H and O–H groups in total. The normalized spacial score (nSPS) is 10.4. The van der Waals surface area contributed by atoms with Gasteiger partial charge in [-0.05, 0) is 30.2 Å². The maximum Gasteiger partial charge on any atom is 0.472 e. The van der Waals surface area contributed by atoms with Crippen LogP contribution in [0.5, 0.6) is 0 Å². The lowest BCUT2D eigenvalue weighted by Gasteiger charge is -2.17. The van der Waals surface area contributed by atoms with Crippen molar-refractivity contribution in [1.82, 2.24) is 0 Å². The summed E-state index contributed by atoms with van der Waals surface area (Å²) in [5.41, 5.74) is 0.594. The van der Waals surface area contributed by atoms with E-state index in [1.165, 1.54) is 24.3 Å². The zero-order valence-corrected chi connectivity index (χ0v) is 10.8. The number of carbonyl (C=O) groups excluding carboxylic acids is 1. The van der Waals surface area contributed by atoms with Crippen molar-refractivity contribution in [3.8, 4) is 12.0 Å². The van der Waals surface area contributed by atoms with Crippen LogP contribution < -0.4 is 4.90 Å².